The van der Waals surface area contributed by atoms with Gasteiger partial charge in [0.05, 0.1) is 16.7 Å². The van der Waals surface area contributed by atoms with Gasteiger partial charge >= 0.3 is 6.09 Å². The summed E-state index contributed by atoms with van der Waals surface area (Å²) in [4.78, 5) is 25.3. The van der Waals surface area contributed by atoms with Gasteiger partial charge < -0.3 is 21.1 Å². The molecule has 1 aromatic rings. The summed E-state index contributed by atoms with van der Waals surface area (Å²) >= 11 is 0. The molecular formula is C18H25N3O5S. The van der Waals surface area contributed by atoms with E-state index in [1.165, 1.54) is 0 Å². The summed E-state index contributed by atoms with van der Waals surface area (Å²) in [6.45, 7) is 0.517. The average Bonchev–Trinajstić information content (AvgIpc) is 2.94. The van der Waals surface area contributed by atoms with Crippen molar-refractivity contribution in [1.82, 2.24) is 10.2 Å². The second-order valence-corrected chi connectivity index (χ2v) is 9.34. The zero-order valence-corrected chi connectivity index (χ0v) is 15.8. The van der Waals surface area contributed by atoms with E-state index in [0.717, 1.165) is 0 Å². The lowest BCUT2D eigenvalue weighted by molar-refractivity contribution is -0.132. The summed E-state index contributed by atoms with van der Waals surface area (Å²) in [5, 5.41) is 11.5. The number of rotatable bonds is 5. The smallest absolute Gasteiger partial charge is 0.404 e. The van der Waals surface area contributed by atoms with Crippen LogP contribution in [0.25, 0.3) is 0 Å². The SMILES string of the molecule is N[C@H]1CCN([C@H]2CC[C@@H](NC(=O)O)C[C@H]2CS(=O)(=O)c2ccccc2)C1=O. The van der Waals surface area contributed by atoms with Crippen molar-refractivity contribution in [3.8, 4) is 0 Å². The van der Waals surface area contributed by atoms with Gasteiger partial charge in [0, 0.05) is 18.6 Å². The largest absolute Gasteiger partial charge is 0.465 e. The van der Waals surface area contributed by atoms with Crippen molar-refractivity contribution >= 4 is 21.8 Å². The highest BCUT2D eigenvalue weighted by Crippen LogP contribution is 2.33. The number of hydrogen-bond donors (Lipinski definition) is 3. The van der Waals surface area contributed by atoms with Crippen LogP contribution >= 0.6 is 0 Å². The molecule has 1 aliphatic carbocycles. The van der Waals surface area contributed by atoms with E-state index < -0.39 is 22.0 Å². The van der Waals surface area contributed by atoms with Crippen LogP contribution in [0, 0.1) is 5.92 Å². The summed E-state index contributed by atoms with van der Waals surface area (Å²) < 4.78 is 25.7. The summed E-state index contributed by atoms with van der Waals surface area (Å²) in [6.07, 6.45) is 0.935. The predicted octanol–water partition coefficient (Wildman–Crippen LogP) is 0.825. The number of carboxylic acid groups (broad SMARTS) is 1. The highest BCUT2D eigenvalue weighted by atomic mass is 32.2. The normalized spacial score (nSPS) is 28.9. The van der Waals surface area contributed by atoms with Gasteiger partial charge in [-0.2, -0.15) is 0 Å². The van der Waals surface area contributed by atoms with E-state index in [4.69, 9.17) is 10.8 Å². The molecule has 148 valence electrons. The highest BCUT2D eigenvalue weighted by molar-refractivity contribution is 7.91. The average molecular weight is 395 g/mol. The number of sulfone groups is 1. The van der Waals surface area contributed by atoms with Crippen molar-refractivity contribution in [3.63, 3.8) is 0 Å². The van der Waals surface area contributed by atoms with Crippen LogP contribution in [-0.4, -0.2) is 60.8 Å². The fraction of sp³-hybridized carbons (Fsp3) is 0.556. The first-order valence-corrected chi connectivity index (χ1v) is 10.8. The molecule has 0 unspecified atom stereocenters. The molecule has 4 atom stereocenters. The third kappa shape index (κ3) is 4.41. The van der Waals surface area contributed by atoms with Crippen LogP contribution in [0.2, 0.25) is 0 Å². The molecule has 4 N–H and O–H groups in total. The van der Waals surface area contributed by atoms with Crippen LogP contribution < -0.4 is 11.1 Å². The monoisotopic (exact) mass is 395 g/mol. The fourth-order valence-electron chi connectivity index (χ4n) is 4.20. The van der Waals surface area contributed by atoms with E-state index in [1.807, 2.05) is 0 Å². The second kappa shape index (κ2) is 7.85. The first-order chi connectivity index (χ1) is 12.8. The van der Waals surface area contributed by atoms with Crippen LogP contribution in [0.15, 0.2) is 35.2 Å². The molecule has 1 saturated carbocycles. The van der Waals surface area contributed by atoms with Crippen LogP contribution in [0.1, 0.15) is 25.7 Å². The van der Waals surface area contributed by atoms with E-state index in [0.29, 0.717) is 32.2 Å². The second-order valence-electron chi connectivity index (χ2n) is 7.31. The Kier molecular flexibility index (Phi) is 5.71. The zero-order chi connectivity index (χ0) is 19.6. The number of hydrogen-bond acceptors (Lipinski definition) is 5. The molecule has 1 aromatic carbocycles. The van der Waals surface area contributed by atoms with Crippen LogP contribution in [0.5, 0.6) is 0 Å². The molecule has 8 nitrogen and oxygen atoms in total. The molecule has 0 spiro atoms. The summed E-state index contributed by atoms with van der Waals surface area (Å²) in [5.74, 6) is -0.625. The lowest BCUT2D eigenvalue weighted by atomic mass is 9.81. The van der Waals surface area contributed by atoms with Crippen molar-refractivity contribution in [2.75, 3.05) is 12.3 Å². The third-order valence-electron chi connectivity index (χ3n) is 5.49. The number of amides is 2. The van der Waals surface area contributed by atoms with Crippen LogP contribution in [-0.2, 0) is 14.6 Å². The molecular weight excluding hydrogens is 370 g/mol. The third-order valence-corrected chi connectivity index (χ3v) is 7.34. The molecule has 2 amide bonds. The Labute approximate surface area is 158 Å². The van der Waals surface area contributed by atoms with Crippen molar-refractivity contribution in [3.05, 3.63) is 30.3 Å². The van der Waals surface area contributed by atoms with Crippen molar-refractivity contribution in [1.29, 1.82) is 0 Å². The maximum atomic E-state index is 12.9. The van der Waals surface area contributed by atoms with Crippen LogP contribution in [0.4, 0.5) is 4.79 Å². The number of nitrogens with zero attached hydrogens (tertiary/aromatic N) is 1. The number of nitrogens with two attached hydrogens (primary N) is 1. The lowest BCUT2D eigenvalue weighted by Crippen LogP contribution is -2.52. The summed E-state index contributed by atoms with van der Waals surface area (Å²) in [5.41, 5.74) is 5.83. The molecule has 27 heavy (non-hydrogen) atoms. The number of carbonyl (C=O) groups is 2. The maximum absolute atomic E-state index is 12.9. The van der Waals surface area contributed by atoms with Crippen LogP contribution in [0.3, 0.4) is 0 Å². The molecule has 9 heteroatoms. The Bertz CT molecular complexity index is 798. The minimum atomic E-state index is -3.55. The van der Waals surface area contributed by atoms with Gasteiger partial charge in [0.1, 0.15) is 0 Å². The lowest BCUT2D eigenvalue weighted by Gasteiger charge is -2.41. The van der Waals surface area contributed by atoms with Crippen molar-refractivity contribution in [2.24, 2.45) is 11.7 Å². The fourth-order valence-corrected chi connectivity index (χ4v) is 5.89. The number of carbonyl (C=O) groups excluding carboxylic acids is 1. The van der Waals surface area contributed by atoms with E-state index in [1.54, 1.807) is 35.2 Å². The highest BCUT2D eigenvalue weighted by Gasteiger charge is 2.42. The van der Waals surface area contributed by atoms with E-state index in [9.17, 15) is 18.0 Å². The molecule has 0 aromatic heterocycles. The molecule has 3 rings (SSSR count). The van der Waals surface area contributed by atoms with Gasteiger partial charge in [0.15, 0.2) is 9.84 Å². The summed E-state index contributed by atoms with van der Waals surface area (Å²) in [6, 6.07) is 7.10. The van der Waals surface area contributed by atoms with Gasteiger partial charge in [-0.25, -0.2) is 13.2 Å². The molecule has 1 saturated heterocycles. The Morgan fingerprint density at radius 1 is 1.22 bits per heavy atom. The minimum absolute atomic E-state index is 0.126. The molecule has 2 fully saturated rings. The van der Waals surface area contributed by atoms with Gasteiger partial charge in [0.2, 0.25) is 5.91 Å². The van der Waals surface area contributed by atoms with Crippen molar-refractivity contribution in [2.45, 2.75) is 48.7 Å². The van der Waals surface area contributed by atoms with Gasteiger partial charge in [-0.05, 0) is 43.7 Å². The van der Waals surface area contributed by atoms with Gasteiger partial charge in [-0.15, -0.1) is 0 Å². The predicted molar refractivity (Wildman–Crippen MR) is 98.9 cm³/mol. The van der Waals surface area contributed by atoms with E-state index in [2.05, 4.69) is 5.32 Å². The quantitative estimate of drug-likeness (QED) is 0.677. The molecule has 0 bridgehead atoms. The Morgan fingerprint density at radius 2 is 1.93 bits per heavy atom. The standard InChI is InChI=1S/C18H25N3O5S/c19-15-8-9-21(17(15)22)16-7-6-13(20-18(23)24)10-12(16)11-27(25,26)14-4-2-1-3-5-14/h1-5,12-13,15-16,20H,6-11,19H2,(H,23,24)/t12-,13+,15-,16-/m0/s1. The van der Waals surface area contributed by atoms with Gasteiger partial charge in [-0.1, -0.05) is 18.2 Å². The first kappa shape index (κ1) is 19.6. The Morgan fingerprint density at radius 3 is 2.52 bits per heavy atom. The van der Waals surface area contributed by atoms with Gasteiger partial charge in [0.25, 0.3) is 0 Å². The molecule has 1 heterocycles. The van der Waals surface area contributed by atoms with E-state index >= 15 is 0 Å². The molecule has 1 aliphatic heterocycles. The molecule has 0 radical (unpaired) electrons. The number of nitrogens with one attached hydrogen (secondary N) is 1. The maximum Gasteiger partial charge on any atom is 0.404 e. The summed E-state index contributed by atoms with van der Waals surface area (Å²) in [7, 11) is -3.55. The van der Waals surface area contributed by atoms with E-state index in [-0.39, 0.29) is 34.6 Å². The number of benzene rings is 1. The topological polar surface area (TPSA) is 130 Å². The minimum Gasteiger partial charge on any atom is -0.465 e. The van der Waals surface area contributed by atoms with Crippen molar-refractivity contribution < 1.29 is 23.1 Å². The van der Waals surface area contributed by atoms with Gasteiger partial charge in [-0.3, -0.25) is 4.79 Å². The first-order valence-electron chi connectivity index (χ1n) is 9.11. The Hall–Kier alpha value is -2.13. The number of likely N-dealkylation sites (tertiary alicyclic amines) is 1. The Balaban J connectivity index is 1.83. The molecule has 2 aliphatic rings. The zero-order valence-electron chi connectivity index (χ0n) is 15.0.